The molecular weight excluding hydrogens is 390 g/mol. The van der Waals surface area contributed by atoms with Crippen LogP contribution in [0.2, 0.25) is 0 Å². The Labute approximate surface area is 182 Å². The van der Waals surface area contributed by atoms with E-state index in [1.807, 2.05) is 71.6 Å². The third kappa shape index (κ3) is 5.64. The summed E-state index contributed by atoms with van der Waals surface area (Å²) in [5, 5.41) is 12.4. The first-order chi connectivity index (χ1) is 15.1. The Morgan fingerprint density at radius 1 is 0.968 bits per heavy atom. The maximum atomic E-state index is 12.8. The molecule has 0 aliphatic heterocycles. The van der Waals surface area contributed by atoms with Gasteiger partial charge in [0.1, 0.15) is 11.6 Å². The Hall–Kier alpha value is -4.24. The molecule has 31 heavy (non-hydrogen) atoms. The minimum Gasteiger partial charge on any atom is -0.493 e. The molecule has 6 nitrogen and oxygen atoms in total. The van der Waals surface area contributed by atoms with Crippen molar-refractivity contribution in [2.75, 3.05) is 24.4 Å². The average molecular weight is 413 g/mol. The number of amides is 1. The van der Waals surface area contributed by atoms with Crippen LogP contribution in [-0.2, 0) is 11.3 Å². The van der Waals surface area contributed by atoms with Crippen LogP contribution in [-0.4, -0.2) is 20.1 Å². The lowest BCUT2D eigenvalue weighted by atomic mass is 10.2. The van der Waals surface area contributed by atoms with E-state index >= 15 is 0 Å². The summed E-state index contributed by atoms with van der Waals surface area (Å²) in [6.45, 7) is 0.514. The van der Waals surface area contributed by atoms with Gasteiger partial charge in [0.25, 0.3) is 5.91 Å². The largest absolute Gasteiger partial charge is 0.493 e. The van der Waals surface area contributed by atoms with Crippen molar-refractivity contribution >= 4 is 17.3 Å². The quantitative estimate of drug-likeness (QED) is 0.426. The fraction of sp³-hybridized carbons (Fsp3) is 0.120. The number of hydrogen-bond donors (Lipinski definition) is 1. The Kier molecular flexibility index (Phi) is 7.28. The first-order valence-corrected chi connectivity index (χ1v) is 9.65. The van der Waals surface area contributed by atoms with Gasteiger partial charge in [-0.1, -0.05) is 48.5 Å². The Bertz CT molecular complexity index is 1090. The highest BCUT2D eigenvalue weighted by atomic mass is 16.5. The van der Waals surface area contributed by atoms with Crippen LogP contribution in [0, 0.1) is 11.3 Å². The van der Waals surface area contributed by atoms with E-state index in [-0.39, 0.29) is 5.57 Å². The van der Waals surface area contributed by atoms with Crippen LogP contribution < -0.4 is 19.7 Å². The van der Waals surface area contributed by atoms with Crippen LogP contribution in [0.5, 0.6) is 11.5 Å². The first-order valence-electron chi connectivity index (χ1n) is 9.65. The first kappa shape index (κ1) is 21.5. The summed E-state index contributed by atoms with van der Waals surface area (Å²) in [5.41, 5.74) is 2.41. The number of para-hydroxylation sites is 1. The molecule has 0 radical (unpaired) electrons. The van der Waals surface area contributed by atoms with Crippen LogP contribution in [0.4, 0.5) is 11.4 Å². The van der Waals surface area contributed by atoms with Gasteiger partial charge in [-0.3, -0.25) is 4.79 Å². The number of hydrogen-bond acceptors (Lipinski definition) is 5. The van der Waals surface area contributed by atoms with Gasteiger partial charge in [0.2, 0.25) is 0 Å². The van der Waals surface area contributed by atoms with Gasteiger partial charge in [-0.25, -0.2) is 0 Å². The topological polar surface area (TPSA) is 74.6 Å². The van der Waals surface area contributed by atoms with Crippen molar-refractivity contribution in [2.24, 2.45) is 0 Å². The van der Waals surface area contributed by atoms with E-state index in [9.17, 15) is 10.1 Å². The van der Waals surface area contributed by atoms with Gasteiger partial charge in [-0.2, -0.15) is 5.26 Å². The number of ether oxygens (including phenoxy) is 2. The van der Waals surface area contributed by atoms with Gasteiger partial charge in [0.15, 0.2) is 11.5 Å². The number of anilines is 2. The number of benzene rings is 3. The second-order valence-electron chi connectivity index (χ2n) is 6.63. The van der Waals surface area contributed by atoms with Gasteiger partial charge in [-0.15, -0.1) is 0 Å². The van der Waals surface area contributed by atoms with Crippen LogP contribution in [0.15, 0.2) is 90.6 Å². The summed E-state index contributed by atoms with van der Waals surface area (Å²) in [6.07, 6.45) is 1.57. The number of nitrogens with one attached hydrogen (secondary N) is 1. The van der Waals surface area contributed by atoms with Crippen LogP contribution in [0.25, 0.3) is 0 Å². The predicted octanol–water partition coefficient (Wildman–Crippen LogP) is 4.76. The molecule has 0 aliphatic rings. The molecule has 0 bridgehead atoms. The number of rotatable bonds is 8. The zero-order valence-corrected chi connectivity index (χ0v) is 17.4. The van der Waals surface area contributed by atoms with Crippen LogP contribution in [0.3, 0.4) is 0 Å². The molecule has 0 aliphatic carbocycles. The van der Waals surface area contributed by atoms with Crippen molar-refractivity contribution in [3.8, 4) is 17.6 Å². The number of methoxy groups -OCH3 is 2. The fourth-order valence-electron chi connectivity index (χ4n) is 3.02. The van der Waals surface area contributed by atoms with E-state index in [0.717, 1.165) is 11.3 Å². The molecule has 0 saturated carbocycles. The molecule has 156 valence electrons. The summed E-state index contributed by atoms with van der Waals surface area (Å²) in [5.74, 6) is 0.524. The van der Waals surface area contributed by atoms with Crippen LogP contribution in [0.1, 0.15) is 5.56 Å². The molecule has 3 aromatic rings. The van der Waals surface area contributed by atoms with Crippen molar-refractivity contribution in [2.45, 2.75) is 6.54 Å². The van der Waals surface area contributed by atoms with E-state index in [1.54, 1.807) is 24.4 Å². The molecule has 1 N–H and O–H groups in total. The Morgan fingerprint density at radius 3 is 2.23 bits per heavy atom. The standard InChI is InChI=1S/C25H23N3O3/c1-30-23-14-13-21(15-24(23)31-2)27-25(29)20(16-26)18-28(22-11-7-4-8-12-22)17-19-9-5-3-6-10-19/h3-15,18H,17H2,1-2H3,(H,27,29)/b20-18-. The molecule has 0 fully saturated rings. The maximum absolute atomic E-state index is 12.8. The Balaban J connectivity index is 1.87. The van der Waals surface area contributed by atoms with E-state index < -0.39 is 5.91 Å². The SMILES string of the molecule is COc1ccc(NC(=O)/C(C#N)=C\N(Cc2ccccc2)c2ccccc2)cc1OC. The van der Waals surface area contributed by atoms with E-state index in [1.165, 1.54) is 14.2 Å². The highest BCUT2D eigenvalue weighted by Gasteiger charge is 2.14. The van der Waals surface area contributed by atoms with Gasteiger partial charge >= 0.3 is 0 Å². The molecule has 3 rings (SSSR count). The summed E-state index contributed by atoms with van der Waals surface area (Å²) >= 11 is 0. The fourth-order valence-corrected chi connectivity index (χ4v) is 3.02. The maximum Gasteiger partial charge on any atom is 0.267 e. The van der Waals surface area contributed by atoms with E-state index in [2.05, 4.69) is 5.32 Å². The second-order valence-corrected chi connectivity index (χ2v) is 6.63. The summed E-state index contributed by atoms with van der Waals surface area (Å²) in [6, 6.07) is 26.5. The molecular formula is C25H23N3O3. The second kappa shape index (κ2) is 10.5. The zero-order valence-electron chi connectivity index (χ0n) is 17.4. The molecule has 0 heterocycles. The number of carbonyl (C=O) groups excluding carboxylic acids is 1. The minimum atomic E-state index is -0.510. The highest BCUT2D eigenvalue weighted by molar-refractivity contribution is 6.06. The van der Waals surface area contributed by atoms with E-state index in [0.29, 0.717) is 23.7 Å². The lowest BCUT2D eigenvalue weighted by Crippen LogP contribution is -2.20. The molecule has 6 heteroatoms. The number of nitrogens with zero attached hydrogens (tertiary/aromatic N) is 2. The number of carbonyl (C=O) groups is 1. The minimum absolute atomic E-state index is 0.0189. The zero-order chi connectivity index (χ0) is 22.1. The third-order valence-corrected chi connectivity index (χ3v) is 4.58. The van der Waals surface area contributed by atoms with Crippen molar-refractivity contribution in [1.82, 2.24) is 0 Å². The molecule has 0 spiro atoms. The van der Waals surface area contributed by atoms with Crippen molar-refractivity contribution in [3.63, 3.8) is 0 Å². The predicted molar refractivity (Wildman–Crippen MR) is 121 cm³/mol. The monoisotopic (exact) mass is 413 g/mol. The van der Waals surface area contributed by atoms with Crippen LogP contribution >= 0.6 is 0 Å². The molecule has 0 atom stereocenters. The summed E-state index contributed by atoms with van der Waals surface area (Å²) < 4.78 is 10.5. The lowest BCUT2D eigenvalue weighted by Gasteiger charge is -2.21. The Morgan fingerprint density at radius 2 is 1.61 bits per heavy atom. The van der Waals surface area contributed by atoms with Crippen molar-refractivity contribution < 1.29 is 14.3 Å². The lowest BCUT2D eigenvalue weighted by molar-refractivity contribution is -0.112. The van der Waals surface area contributed by atoms with Crippen molar-refractivity contribution in [1.29, 1.82) is 5.26 Å². The van der Waals surface area contributed by atoms with E-state index in [4.69, 9.17) is 9.47 Å². The van der Waals surface area contributed by atoms with Gasteiger partial charge < -0.3 is 19.7 Å². The highest BCUT2D eigenvalue weighted by Crippen LogP contribution is 2.30. The molecule has 0 aromatic heterocycles. The van der Waals surface area contributed by atoms with Gasteiger partial charge in [0, 0.05) is 30.2 Å². The molecule has 0 saturated heterocycles. The normalized spacial score (nSPS) is 10.7. The summed E-state index contributed by atoms with van der Waals surface area (Å²) in [4.78, 5) is 14.7. The molecule has 3 aromatic carbocycles. The summed E-state index contributed by atoms with van der Waals surface area (Å²) in [7, 11) is 3.06. The smallest absolute Gasteiger partial charge is 0.267 e. The van der Waals surface area contributed by atoms with Gasteiger partial charge in [-0.05, 0) is 29.8 Å². The molecule has 1 amide bonds. The molecule has 0 unspecified atom stereocenters. The average Bonchev–Trinajstić information content (AvgIpc) is 2.82. The third-order valence-electron chi connectivity index (χ3n) is 4.58. The number of nitriles is 1. The van der Waals surface area contributed by atoms with Crippen molar-refractivity contribution in [3.05, 3.63) is 96.2 Å². The van der Waals surface area contributed by atoms with Gasteiger partial charge in [0.05, 0.1) is 14.2 Å².